The van der Waals surface area contributed by atoms with Crippen LogP contribution in [-0.2, 0) is 4.74 Å². The average molecular weight is 355 g/mol. The molecule has 1 aliphatic rings. The van der Waals surface area contributed by atoms with Crippen molar-refractivity contribution in [2.75, 3.05) is 18.8 Å². The number of hydrogen-bond acceptors (Lipinski definition) is 3. The lowest BCUT2D eigenvalue weighted by Crippen LogP contribution is -2.42. The van der Waals surface area contributed by atoms with Crippen molar-refractivity contribution < 1.29 is 9.53 Å². The molecule has 0 spiro atoms. The predicted molar refractivity (Wildman–Crippen MR) is 88.3 cm³/mol. The van der Waals surface area contributed by atoms with E-state index in [4.69, 9.17) is 10.5 Å². The van der Waals surface area contributed by atoms with E-state index in [0.29, 0.717) is 12.5 Å². The van der Waals surface area contributed by atoms with Crippen LogP contribution in [0.15, 0.2) is 22.7 Å². The SMILES string of the molecule is CC(C)(C)OC(=O)N1CCCC(c2ccc(N)c(Br)c2)C1. The number of carbonyl (C=O) groups is 1. The van der Waals surface area contributed by atoms with Crippen molar-refractivity contribution in [3.05, 3.63) is 28.2 Å². The van der Waals surface area contributed by atoms with E-state index in [1.807, 2.05) is 37.8 Å². The van der Waals surface area contributed by atoms with E-state index in [-0.39, 0.29) is 6.09 Å². The zero-order chi connectivity index (χ0) is 15.6. The molecule has 0 saturated carbocycles. The lowest BCUT2D eigenvalue weighted by Gasteiger charge is -2.34. The van der Waals surface area contributed by atoms with Crippen molar-refractivity contribution in [1.29, 1.82) is 0 Å². The van der Waals surface area contributed by atoms with Gasteiger partial charge >= 0.3 is 6.09 Å². The van der Waals surface area contributed by atoms with E-state index in [1.54, 1.807) is 0 Å². The number of likely N-dealkylation sites (tertiary alicyclic amines) is 1. The van der Waals surface area contributed by atoms with Gasteiger partial charge in [0.2, 0.25) is 0 Å². The Morgan fingerprint density at radius 1 is 1.43 bits per heavy atom. The number of amides is 1. The minimum atomic E-state index is -0.450. The molecule has 0 aromatic heterocycles. The monoisotopic (exact) mass is 354 g/mol. The Labute approximate surface area is 134 Å². The van der Waals surface area contributed by atoms with Gasteiger partial charge < -0.3 is 15.4 Å². The Hall–Kier alpha value is -1.23. The van der Waals surface area contributed by atoms with E-state index in [9.17, 15) is 4.79 Å². The smallest absolute Gasteiger partial charge is 0.410 e. The van der Waals surface area contributed by atoms with Crippen LogP contribution in [0.4, 0.5) is 10.5 Å². The Balaban J connectivity index is 2.06. The van der Waals surface area contributed by atoms with Gasteiger partial charge in [0.1, 0.15) is 5.60 Å². The number of hydrogen-bond donors (Lipinski definition) is 1. The van der Waals surface area contributed by atoms with Gasteiger partial charge in [-0.15, -0.1) is 0 Å². The van der Waals surface area contributed by atoms with Crippen molar-refractivity contribution in [3.8, 4) is 0 Å². The number of halogens is 1. The number of nitrogens with two attached hydrogens (primary N) is 1. The molecule has 4 nitrogen and oxygen atoms in total. The van der Waals surface area contributed by atoms with Crippen molar-refractivity contribution in [2.45, 2.75) is 45.1 Å². The van der Waals surface area contributed by atoms with E-state index < -0.39 is 5.60 Å². The van der Waals surface area contributed by atoms with Gasteiger partial charge in [-0.2, -0.15) is 0 Å². The summed E-state index contributed by atoms with van der Waals surface area (Å²) in [6, 6.07) is 6.01. The Morgan fingerprint density at radius 2 is 2.14 bits per heavy atom. The summed E-state index contributed by atoms with van der Waals surface area (Å²) in [4.78, 5) is 14.0. The molecule has 1 aromatic rings. The summed E-state index contributed by atoms with van der Waals surface area (Å²) in [6.07, 6.45) is 1.85. The third-order valence-electron chi connectivity index (χ3n) is 3.57. The number of carbonyl (C=O) groups excluding carboxylic acids is 1. The number of nitrogens with zero attached hydrogens (tertiary/aromatic N) is 1. The maximum atomic E-state index is 12.2. The minimum Gasteiger partial charge on any atom is -0.444 e. The normalized spacial score (nSPS) is 19.4. The number of nitrogen functional groups attached to an aromatic ring is 1. The number of rotatable bonds is 1. The molecule has 1 heterocycles. The number of ether oxygens (including phenoxy) is 1. The molecular weight excluding hydrogens is 332 g/mol. The molecule has 1 amide bonds. The lowest BCUT2D eigenvalue weighted by atomic mass is 9.91. The fourth-order valence-corrected chi connectivity index (χ4v) is 2.94. The van der Waals surface area contributed by atoms with Crippen LogP contribution in [0.1, 0.15) is 45.1 Å². The molecule has 5 heteroatoms. The largest absolute Gasteiger partial charge is 0.444 e. The molecule has 0 bridgehead atoms. The quantitative estimate of drug-likeness (QED) is 0.770. The van der Waals surface area contributed by atoms with Gasteiger partial charge in [-0.3, -0.25) is 0 Å². The molecule has 1 atom stereocenters. The highest BCUT2D eigenvalue weighted by atomic mass is 79.9. The molecule has 1 aliphatic heterocycles. The van der Waals surface area contributed by atoms with E-state index in [1.165, 1.54) is 5.56 Å². The molecular formula is C16H23BrN2O2. The zero-order valence-corrected chi connectivity index (χ0v) is 14.4. The van der Waals surface area contributed by atoms with E-state index in [2.05, 4.69) is 22.0 Å². The average Bonchev–Trinajstić information content (AvgIpc) is 2.40. The fourth-order valence-electron chi connectivity index (χ4n) is 2.54. The van der Waals surface area contributed by atoms with Gasteiger partial charge in [0, 0.05) is 29.2 Å². The molecule has 0 aliphatic carbocycles. The summed E-state index contributed by atoms with van der Waals surface area (Å²) in [5.74, 6) is 0.336. The summed E-state index contributed by atoms with van der Waals surface area (Å²) < 4.78 is 6.37. The highest BCUT2D eigenvalue weighted by Crippen LogP contribution is 2.31. The third kappa shape index (κ3) is 4.37. The second-order valence-electron chi connectivity index (χ2n) is 6.55. The fraction of sp³-hybridized carbons (Fsp3) is 0.562. The van der Waals surface area contributed by atoms with Gasteiger partial charge in [0.15, 0.2) is 0 Å². The van der Waals surface area contributed by atoms with Gasteiger partial charge in [-0.25, -0.2) is 4.79 Å². The van der Waals surface area contributed by atoms with Crippen molar-refractivity contribution in [1.82, 2.24) is 4.90 Å². The highest BCUT2D eigenvalue weighted by Gasteiger charge is 2.28. The summed E-state index contributed by atoms with van der Waals surface area (Å²) in [5.41, 5.74) is 7.33. The number of benzene rings is 1. The van der Waals surface area contributed by atoms with E-state index >= 15 is 0 Å². The Morgan fingerprint density at radius 3 is 2.76 bits per heavy atom. The van der Waals surface area contributed by atoms with Crippen LogP contribution in [-0.4, -0.2) is 29.7 Å². The van der Waals surface area contributed by atoms with Gasteiger partial charge in [-0.05, 0) is 67.2 Å². The molecule has 1 fully saturated rings. The molecule has 116 valence electrons. The summed E-state index contributed by atoms with van der Waals surface area (Å²) in [7, 11) is 0. The van der Waals surface area contributed by atoms with Crippen LogP contribution in [0.5, 0.6) is 0 Å². The first-order chi connectivity index (χ1) is 9.76. The molecule has 2 rings (SSSR count). The van der Waals surface area contributed by atoms with E-state index in [0.717, 1.165) is 29.5 Å². The molecule has 0 radical (unpaired) electrons. The van der Waals surface area contributed by atoms with Gasteiger partial charge in [-0.1, -0.05) is 6.07 Å². The summed E-state index contributed by atoms with van der Waals surface area (Å²) >= 11 is 3.47. The first kappa shape index (κ1) is 16.1. The minimum absolute atomic E-state index is 0.221. The molecule has 2 N–H and O–H groups in total. The number of piperidine rings is 1. The van der Waals surface area contributed by atoms with Crippen LogP contribution >= 0.6 is 15.9 Å². The second kappa shape index (κ2) is 6.26. The van der Waals surface area contributed by atoms with Crippen LogP contribution < -0.4 is 5.73 Å². The van der Waals surface area contributed by atoms with Gasteiger partial charge in [0.25, 0.3) is 0 Å². The first-order valence-electron chi connectivity index (χ1n) is 7.29. The van der Waals surface area contributed by atoms with Crippen LogP contribution in [0.25, 0.3) is 0 Å². The first-order valence-corrected chi connectivity index (χ1v) is 8.08. The maximum Gasteiger partial charge on any atom is 0.410 e. The molecule has 1 aromatic carbocycles. The molecule has 1 saturated heterocycles. The van der Waals surface area contributed by atoms with Crippen molar-refractivity contribution in [2.24, 2.45) is 0 Å². The lowest BCUT2D eigenvalue weighted by molar-refractivity contribution is 0.0198. The van der Waals surface area contributed by atoms with Crippen LogP contribution in [0.3, 0.4) is 0 Å². The van der Waals surface area contributed by atoms with Crippen molar-refractivity contribution in [3.63, 3.8) is 0 Å². The summed E-state index contributed by atoms with van der Waals surface area (Å²) in [6.45, 7) is 7.14. The third-order valence-corrected chi connectivity index (χ3v) is 4.26. The zero-order valence-electron chi connectivity index (χ0n) is 12.9. The number of anilines is 1. The second-order valence-corrected chi connectivity index (χ2v) is 7.40. The topological polar surface area (TPSA) is 55.6 Å². The highest BCUT2D eigenvalue weighted by molar-refractivity contribution is 9.10. The van der Waals surface area contributed by atoms with Crippen LogP contribution in [0.2, 0.25) is 0 Å². The molecule has 21 heavy (non-hydrogen) atoms. The maximum absolute atomic E-state index is 12.2. The Kier molecular flexibility index (Phi) is 4.81. The standard InChI is InChI=1S/C16H23BrN2O2/c1-16(2,3)21-15(20)19-8-4-5-12(10-19)11-6-7-14(18)13(17)9-11/h6-7,9,12H,4-5,8,10,18H2,1-3H3. The Bertz CT molecular complexity index is 525. The van der Waals surface area contributed by atoms with Gasteiger partial charge in [0.05, 0.1) is 0 Å². The predicted octanol–water partition coefficient (Wildman–Crippen LogP) is 4.15. The summed E-state index contributed by atoms with van der Waals surface area (Å²) in [5, 5.41) is 0. The van der Waals surface area contributed by atoms with Crippen LogP contribution in [0, 0.1) is 0 Å². The van der Waals surface area contributed by atoms with Crippen molar-refractivity contribution >= 4 is 27.7 Å². The molecule has 1 unspecified atom stereocenters.